The molecule has 130 valence electrons. The van der Waals surface area contributed by atoms with Gasteiger partial charge >= 0.3 is 0 Å². The van der Waals surface area contributed by atoms with Gasteiger partial charge in [-0.1, -0.05) is 30.3 Å². The topological polar surface area (TPSA) is 115 Å². The molecule has 7 nitrogen and oxygen atoms in total. The normalized spacial score (nSPS) is 12.2. The van der Waals surface area contributed by atoms with Crippen molar-refractivity contribution in [2.24, 2.45) is 5.73 Å². The lowest BCUT2D eigenvalue weighted by molar-refractivity contribution is -0.385. The second-order valence-corrected chi connectivity index (χ2v) is 6.84. The quantitative estimate of drug-likeness (QED) is 0.597. The van der Waals surface area contributed by atoms with Gasteiger partial charge in [-0.15, -0.1) is 12.4 Å². The maximum absolute atomic E-state index is 12.3. The molecule has 24 heavy (non-hydrogen) atoms. The summed E-state index contributed by atoms with van der Waals surface area (Å²) in [6.45, 7) is 1.52. The summed E-state index contributed by atoms with van der Waals surface area (Å²) < 4.78 is 27.0. The zero-order valence-corrected chi connectivity index (χ0v) is 14.5. The summed E-state index contributed by atoms with van der Waals surface area (Å²) in [6, 6.07) is 12.3. The molecule has 0 saturated heterocycles. The summed E-state index contributed by atoms with van der Waals surface area (Å²) in [4.78, 5) is 10.2. The fourth-order valence-corrected chi connectivity index (χ4v) is 3.25. The first-order chi connectivity index (χ1) is 10.8. The summed E-state index contributed by atoms with van der Waals surface area (Å²) in [5.74, 6) is 0. The lowest BCUT2D eigenvalue weighted by atomic mass is 10.1. The van der Waals surface area contributed by atoms with Gasteiger partial charge in [-0.3, -0.25) is 10.1 Å². The van der Waals surface area contributed by atoms with Crippen molar-refractivity contribution in [2.45, 2.75) is 17.9 Å². The first-order valence-electron chi connectivity index (χ1n) is 6.86. The van der Waals surface area contributed by atoms with Crippen LogP contribution in [0.4, 0.5) is 5.69 Å². The van der Waals surface area contributed by atoms with Gasteiger partial charge in [0.1, 0.15) is 0 Å². The number of nitrogens with zero attached hydrogens (tertiary/aromatic N) is 1. The van der Waals surface area contributed by atoms with Crippen molar-refractivity contribution in [1.82, 2.24) is 4.72 Å². The number of nitrogens with two attached hydrogens (primary N) is 1. The molecule has 1 unspecified atom stereocenters. The summed E-state index contributed by atoms with van der Waals surface area (Å²) in [5, 5.41) is 10.8. The number of aryl methyl sites for hydroxylation is 1. The standard InChI is InChI=1S/C15H17N3O4S.ClH/c1-11-9-13(7-8-15(11)18(19)20)23(21,22)17-10-14(16)12-5-3-2-4-6-12;/h2-9,14,17H,10,16H2,1H3;1H. The molecule has 0 fully saturated rings. The van der Waals surface area contributed by atoms with Crippen molar-refractivity contribution in [3.8, 4) is 0 Å². The minimum absolute atomic E-state index is 0. The molecule has 1 atom stereocenters. The largest absolute Gasteiger partial charge is 0.323 e. The minimum Gasteiger partial charge on any atom is -0.323 e. The van der Waals surface area contributed by atoms with Gasteiger partial charge in [-0.05, 0) is 24.6 Å². The molecular weight excluding hydrogens is 354 g/mol. The Bertz CT molecular complexity index is 813. The Morgan fingerprint density at radius 3 is 2.38 bits per heavy atom. The lowest BCUT2D eigenvalue weighted by Gasteiger charge is -2.13. The monoisotopic (exact) mass is 371 g/mol. The van der Waals surface area contributed by atoms with E-state index in [1.165, 1.54) is 25.1 Å². The number of halogens is 1. The highest BCUT2D eigenvalue weighted by atomic mass is 35.5. The average molecular weight is 372 g/mol. The van der Waals surface area contributed by atoms with Crippen LogP contribution in [0.2, 0.25) is 0 Å². The molecule has 0 amide bonds. The van der Waals surface area contributed by atoms with Gasteiger partial charge in [0.05, 0.1) is 9.82 Å². The molecule has 0 aliphatic heterocycles. The van der Waals surface area contributed by atoms with Crippen molar-refractivity contribution in [3.05, 3.63) is 69.8 Å². The molecular formula is C15H18ClN3O4S. The van der Waals surface area contributed by atoms with Crippen molar-refractivity contribution in [3.63, 3.8) is 0 Å². The van der Waals surface area contributed by atoms with Crippen molar-refractivity contribution in [1.29, 1.82) is 0 Å². The highest BCUT2D eigenvalue weighted by Gasteiger charge is 2.19. The third-order valence-corrected chi connectivity index (χ3v) is 4.82. The predicted octanol–water partition coefficient (Wildman–Crippen LogP) is 2.30. The molecule has 3 N–H and O–H groups in total. The number of benzene rings is 2. The van der Waals surface area contributed by atoms with Gasteiger partial charge in [0.25, 0.3) is 5.69 Å². The number of hydrogen-bond donors (Lipinski definition) is 2. The molecule has 0 spiro atoms. The van der Waals surface area contributed by atoms with Gasteiger partial charge in [-0.2, -0.15) is 0 Å². The van der Waals surface area contributed by atoms with Gasteiger partial charge in [0.2, 0.25) is 10.0 Å². The number of nitrogens with one attached hydrogen (secondary N) is 1. The maximum atomic E-state index is 12.3. The smallest absolute Gasteiger partial charge is 0.272 e. The van der Waals surface area contributed by atoms with Gasteiger partial charge in [-0.25, -0.2) is 13.1 Å². The second-order valence-electron chi connectivity index (χ2n) is 5.07. The summed E-state index contributed by atoms with van der Waals surface area (Å²) in [6.07, 6.45) is 0. The molecule has 2 rings (SSSR count). The molecule has 0 bridgehead atoms. The van der Waals surface area contributed by atoms with Crippen LogP contribution in [0.15, 0.2) is 53.4 Å². The van der Waals surface area contributed by atoms with Crippen LogP contribution in [0.5, 0.6) is 0 Å². The number of nitro groups is 1. The summed E-state index contributed by atoms with van der Waals surface area (Å²) in [7, 11) is -3.78. The lowest BCUT2D eigenvalue weighted by Crippen LogP contribution is -2.32. The maximum Gasteiger partial charge on any atom is 0.272 e. The van der Waals surface area contributed by atoms with E-state index in [4.69, 9.17) is 5.73 Å². The van der Waals surface area contributed by atoms with Gasteiger partial charge in [0.15, 0.2) is 0 Å². The SMILES string of the molecule is Cc1cc(S(=O)(=O)NCC(N)c2ccccc2)ccc1[N+](=O)[O-].Cl. The minimum atomic E-state index is -3.78. The molecule has 9 heteroatoms. The van der Waals surface area contributed by atoms with Crippen LogP contribution >= 0.6 is 12.4 Å². The van der Waals surface area contributed by atoms with Crippen LogP contribution in [0.25, 0.3) is 0 Å². The van der Waals surface area contributed by atoms with E-state index in [1.807, 2.05) is 30.3 Å². The summed E-state index contributed by atoms with van der Waals surface area (Å²) in [5.41, 5.74) is 6.93. The Labute approximate surface area is 146 Å². The highest BCUT2D eigenvalue weighted by Crippen LogP contribution is 2.21. The Morgan fingerprint density at radius 2 is 1.83 bits per heavy atom. The van der Waals surface area contributed by atoms with E-state index in [2.05, 4.69) is 4.72 Å². The number of hydrogen-bond acceptors (Lipinski definition) is 5. The van der Waals surface area contributed by atoms with E-state index in [9.17, 15) is 18.5 Å². The van der Waals surface area contributed by atoms with E-state index in [0.717, 1.165) is 5.56 Å². The fraction of sp³-hybridized carbons (Fsp3) is 0.200. The molecule has 0 aliphatic carbocycles. The zero-order valence-electron chi connectivity index (χ0n) is 12.9. The van der Waals surface area contributed by atoms with Crippen LogP contribution in [0, 0.1) is 17.0 Å². The molecule has 0 aromatic heterocycles. The molecule has 0 aliphatic rings. The number of sulfonamides is 1. The molecule has 2 aromatic rings. The first kappa shape index (κ1) is 20.0. The molecule has 0 saturated carbocycles. The Hall–Kier alpha value is -2.00. The van der Waals surface area contributed by atoms with Crippen molar-refractivity contribution in [2.75, 3.05) is 6.54 Å². The van der Waals surface area contributed by atoms with Crippen LogP contribution in [0.3, 0.4) is 0 Å². The van der Waals surface area contributed by atoms with E-state index in [-0.39, 0.29) is 35.1 Å². The Kier molecular flexibility index (Phi) is 6.85. The van der Waals surface area contributed by atoms with Gasteiger partial charge < -0.3 is 5.73 Å². The average Bonchev–Trinajstić information content (AvgIpc) is 2.53. The highest BCUT2D eigenvalue weighted by molar-refractivity contribution is 7.89. The third kappa shape index (κ3) is 4.75. The van der Waals surface area contributed by atoms with E-state index < -0.39 is 21.0 Å². The molecule has 0 radical (unpaired) electrons. The first-order valence-corrected chi connectivity index (χ1v) is 8.35. The number of nitro benzene ring substituents is 1. The Balaban J connectivity index is 0.00000288. The van der Waals surface area contributed by atoms with E-state index in [1.54, 1.807) is 0 Å². The molecule has 2 aromatic carbocycles. The van der Waals surface area contributed by atoms with Crippen LogP contribution in [0.1, 0.15) is 17.2 Å². The second kappa shape index (κ2) is 8.20. The van der Waals surface area contributed by atoms with E-state index >= 15 is 0 Å². The Morgan fingerprint density at radius 1 is 1.21 bits per heavy atom. The molecule has 0 heterocycles. The third-order valence-electron chi connectivity index (χ3n) is 3.40. The van der Waals surface area contributed by atoms with Crippen LogP contribution in [-0.2, 0) is 10.0 Å². The van der Waals surface area contributed by atoms with Crippen LogP contribution in [-0.4, -0.2) is 19.9 Å². The van der Waals surface area contributed by atoms with E-state index in [0.29, 0.717) is 0 Å². The summed E-state index contributed by atoms with van der Waals surface area (Å²) >= 11 is 0. The van der Waals surface area contributed by atoms with Crippen molar-refractivity contribution >= 4 is 28.1 Å². The number of rotatable bonds is 6. The van der Waals surface area contributed by atoms with Gasteiger partial charge in [0, 0.05) is 24.2 Å². The van der Waals surface area contributed by atoms with Crippen LogP contribution < -0.4 is 10.5 Å². The zero-order chi connectivity index (χ0) is 17.0. The predicted molar refractivity (Wildman–Crippen MR) is 93.6 cm³/mol. The van der Waals surface area contributed by atoms with Crippen molar-refractivity contribution < 1.29 is 13.3 Å². The fourth-order valence-electron chi connectivity index (χ4n) is 2.10.